The van der Waals surface area contributed by atoms with Crippen molar-refractivity contribution in [3.8, 4) is 0 Å². The van der Waals surface area contributed by atoms with Crippen molar-refractivity contribution < 1.29 is 8.42 Å². The SMILES string of the molecule is Cc1nc(Cl)sc1S(=O)(=O)NC[C@@H](C)c1ccccc1. The zero-order valence-corrected chi connectivity index (χ0v) is 13.5. The van der Waals surface area contributed by atoms with Crippen molar-refractivity contribution in [2.45, 2.75) is 24.0 Å². The van der Waals surface area contributed by atoms with Gasteiger partial charge in [-0.05, 0) is 18.4 Å². The molecule has 0 bridgehead atoms. The van der Waals surface area contributed by atoms with Gasteiger partial charge in [0, 0.05) is 6.54 Å². The molecule has 108 valence electrons. The molecule has 0 aliphatic rings. The van der Waals surface area contributed by atoms with Gasteiger partial charge in [-0.15, -0.1) is 0 Å². The molecule has 0 aliphatic heterocycles. The Labute approximate surface area is 127 Å². The second-order valence-corrected chi connectivity index (χ2v) is 8.05. The highest BCUT2D eigenvalue weighted by Crippen LogP contribution is 2.26. The van der Waals surface area contributed by atoms with Gasteiger partial charge in [-0.25, -0.2) is 18.1 Å². The molecule has 0 unspecified atom stereocenters. The molecule has 4 nitrogen and oxygen atoms in total. The maximum absolute atomic E-state index is 12.2. The van der Waals surface area contributed by atoms with Crippen molar-refractivity contribution in [3.05, 3.63) is 46.1 Å². The van der Waals surface area contributed by atoms with E-state index in [2.05, 4.69) is 9.71 Å². The maximum atomic E-state index is 12.2. The number of hydrogen-bond acceptors (Lipinski definition) is 4. The van der Waals surface area contributed by atoms with Crippen LogP contribution in [0.3, 0.4) is 0 Å². The molecule has 2 aromatic rings. The van der Waals surface area contributed by atoms with Crippen LogP contribution < -0.4 is 4.72 Å². The Morgan fingerprint density at radius 1 is 1.35 bits per heavy atom. The lowest BCUT2D eigenvalue weighted by Crippen LogP contribution is -2.27. The number of nitrogens with one attached hydrogen (secondary N) is 1. The maximum Gasteiger partial charge on any atom is 0.252 e. The average Bonchev–Trinajstić information content (AvgIpc) is 2.77. The normalized spacial score (nSPS) is 13.3. The fraction of sp³-hybridized carbons (Fsp3) is 0.308. The Balaban J connectivity index is 2.08. The summed E-state index contributed by atoms with van der Waals surface area (Å²) in [6.07, 6.45) is 0. The molecule has 20 heavy (non-hydrogen) atoms. The molecule has 1 aromatic carbocycles. The van der Waals surface area contributed by atoms with Gasteiger partial charge in [0.2, 0.25) is 0 Å². The highest BCUT2D eigenvalue weighted by atomic mass is 35.5. The number of aryl methyl sites for hydroxylation is 1. The molecule has 7 heteroatoms. The van der Waals surface area contributed by atoms with Crippen LogP contribution in [0.15, 0.2) is 34.5 Å². The van der Waals surface area contributed by atoms with Crippen LogP contribution in [0.5, 0.6) is 0 Å². The molecular weight excluding hydrogens is 316 g/mol. The fourth-order valence-electron chi connectivity index (χ4n) is 1.80. The first-order chi connectivity index (χ1) is 9.40. The Morgan fingerprint density at radius 3 is 2.55 bits per heavy atom. The van der Waals surface area contributed by atoms with Gasteiger partial charge in [-0.3, -0.25) is 0 Å². The van der Waals surface area contributed by atoms with E-state index < -0.39 is 10.0 Å². The minimum atomic E-state index is -3.55. The minimum Gasteiger partial charge on any atom is -0.229 e. The van der Waals surface area contributed by atoms with Crippen LogP contribution in [-0.4, -0.2) is 19.9 Å². The molecule has 1 heterocycles. The van der Waals surface area contributed by atoms with Gasteiger partial charge in [0.1, 0.15) is 0 Å². The number of benzene rings is 1. The molecular formula is C13H15ClN2O2S2. The van der Waals surface area contributed by atoms with Crippen LogP contribution in [0.4, 0.5) is 0 Å². The third kappa shape index (κ3) is 3.58. The zero-order chi connectivity index (χ0) is 14.8. The number of halogens is 1. The predicted octanol–water partition coefficient (Wildman–Crippen LogP) is 3.19. The Morgan fingerprint density at radius 2 is 2.00 bits per heavy atom. The quantitative estimate of drug-likeness (QED) is 0.916. The van der Waals surface area contributed by atoms with Gasteiger partial charge < -0.3 is 0 Å². The monoisotopic (exact) mass is 330 g/mol. The van der Waals surface area contributed by atoms with Gasteiger partial charge in [-0.2, -0.15) is 0 Å². The molecule has 1 aromatic heterocycles. The van der Waals surface area contributed by atoms with Gasteiger partial charge >= 0.3 is 0 Å². The molecule has 1 atom stereocenters. The number of rotatable bonds is 5. The van der Waals surface area contributed by atoms with Crippen molar-refractivity contribution in [1.82, 2.24) is 9.71 Å². The van der Waals surface area contributed by atoms with Crippen molar-refractivity contribution in [3.63, 3.8) is 0 Å². The van der Waals surface area contributed by atoms with E-state index in [0.717, 1.165) is 16.9 Å². The van der Waals surface area contributed by atoms with E-state index >= 15 is 0 Å². The van der Waals surface area contributed by atoms with Crippen LogP contribution >= 0.6 is 22.9 Å². The van der Waals surface area contributed by atoms with Gasteiger partial charge in [0.25, 0.3) is 10.0 Å². The summed E-state index contributed by atoms with van der Waals surface area (Å²) in [5.41, 5.74) is 1.52. The molecule has 2 rings (SSSR count). The fourth-order valence-corrected chi connectivity index (χ4v) is 4.71. The largest absolute Gasteiger partial charge is 0.252 e. The van der Waals surface area contributed by atoms with Crippen LogP contribution in [-0.2, 0) is 10.0 Å². The van der Waals surface area contributed by atoms with Gasteiger partial charge in [-0.1, -0.05) is 60.2 Å². The summed E-state index contributed by atoms with van der Waals surface area (Å²) < 4.78 is 27.4. The summed E-state index contributed by atoms with van der Waals surface area (Å²) >= 11 is 6.72. The highest BCUT2D eigenvalue weighted by Gasteiger charge is 2.22. The van der Waals surface area contributed by atoms with Crippen molar-refractivity contribution in [1.29, 1.82) is 0 Å². The third-order valence-electron chi connectivity index (χ3n) is 2.92. The van der Waals surface area contributed by atoms with Gasteiger partial charge in [0.15, 0.2) is 8.68 Å². The number of hydrogen-bond donors (Lipinski definition) is 1. The molecule has 0 saturated heterocycles. The number of nitrogens with zero attached hydrogens (tertiary/aromatic N) is 1. The number of aromatic nitrogens is 1. The van der Waals surface area contributed by atoms with E-state index in [-0.39, 0.29) is 14.6 Å². The highest BCUT2D eigenvalue weighted by molar-refractivity contribution is 7.91. The molecule has 0 spiro atoms. The van der Waals surface area contributed by atoms with E-state index in [1.807, 2.05) is 37.3 Å². The predicted molar refractivity (Wildman–Crippen MR) is 81.9 cm³/mol. The van der Waals surface area contributed by atoms with E-state index in [1.165, 1.54) is 0 Å². The van der Waals surface area contributed by atoms with E-state index in [9.17, 15) is 8.42 Å². The van der Waals surface area contributed by atoms with Crippen LogP contribution in [0.2, 0.25) is 4.47 Å². The number of thiazole rings is 1. The minimum absolute atomic E-state index is 0.0923. The number of sulfonamides is 1. The summed E-state index contributed by atoms with van der Waals surface area (Å²) in [5.74, 6) is 0.0923. The second-order valence-electron chi connectivity index (χ2n) is 4.50. The summed E-state index contributed by atoms with van der Waals surface area (Å²) in [6.45, 7) is 3.95. The lowest BCUT2D eigenvalue weighted by atomic mass is 10.0. The summed E-state index contributed by atoms with van der Waals surface area (Å²) in [7, 11) is -3.55. The van der Waals surface area contributed by atoms with E-state index in [1.54, 1.807) is 6.92 Å². The molecule has 0 fully saturated rings. The Hall–Kier alpha value is -0.950. The van der Waals surface area contributed by atoms with Crippen LogP contribution in [0.1, 0.15) is 24.1 Å². The summed E-state index contributed by atoms with van der Waals surface area (Å²) in [4.78, 5) is 3.93. The topological polar surface area (TPSA) is 59.1 Å². The van der Waals surface area contributed by atoms with E-state index in [4.69, 9.17) is 11.6 Å². The first-order valence-electron chi connectivity index (χ1n) is 6.07. The molecule has 0 radical (unpaired) electrons. The summed E-state index contributed by atoms with van der Waals surface area (Å²) in [5, 5.41) is 0. The Bertz CT molecular complexity index is 684. The van der Waals surface area contributed by atoms with Crippen LogP contribution in [0, 0.1) is 6.92 Å². The molecule has 1 N–H and O–H groups in total. The smallest absolute Gasteiger partial charge is 0.229 e. The van der Waals surface area contributed by atoms with Gasteiger partial charge in [0.05, 0.1) is 5.69 Å². The van der Waals surface area contributed by atoms with Crippen molar-refractivity contribution in [2.24, 2.45) is 0 Å². The zero-order valence-electron chi connectivity index (χ0n) is 11.1. The summed E-state index contributed by atoms with van der Waals surface area (Å²) in [6, 6.07) is 9.77. The molecule has 0 amide bonds. The van der Waals surface area contributed by atoms with E-state index in [0.29, 0.717) is 12.2 Å². The lowest BCUT2D eigenvalue weighted by Gasteiger charge is -2.12. The van der Waals surface area contributed by atoms with Crippen LogP contribution in [0.25, 0.3) is 0 Å². The molecule has 0 aliphatic carbocycles. The first kappa shape index (κ1) is 15.4. The molecule has 0 saturated carbocycles. The standard InChI is InChI=1S/C13H15ClN2O2S2/c1-9(11-6-4-3-5-7-11)8-15-20(17,18)12-10(2)16-13(14)19-12/h3-7,9,15H,8H2,1-2H3/t9-/m1/s1. The second kappa shape index (κ2) is 6.22. The van der Waals surface area contributed by atoms with Crippen molar-refractivity contribution >= 4 is 33.0 Å². The Kier molecular flexibility index (Phi) is 4.80. The average molecular weight is 331 g/mol. The lowest BCUT2D eigenvalue weighted by molar-refractivity contribution is 0.576. The third-order valence-corrected chi connectivity index (χ3v) is 6.22. The van der Waals surface area contributed by atoms with Crippen molar-refractivity contribution in [2.75, 3.05) is 6.54 Å². The first-order valence-corrected chi connectivity index (χ1v) is 8.75.